The number of halogens is 1. The second-order valence-corrected chi connectivity index (χ2v) is 5.40. The molecule has 3 aromatic rings. The first-order valence-electron chi connectivity index (χ1n) is 5.98. The molecule has 102 valence electrons. The third-order valence-electron chi connectivity index (χ3n) is 2.74. The van der Waals surface area contributed by atoms with Crippen molar-refractivity contribution < 1.29 is 9.18 Å². The molecular formula is C13H11FN4OS. The lowest BCUT2D eigenvalue weighted by atomic mass is 10.2. The van der Waals surface area contributed by atoms with Crippen LogP contribution < -0.4 is 5.32 Å². The predicted molar refractivity (Wildman–Crippen MR) is 73.2 cm³/mol. The van der Waals surface area contributed by atoms with Crippen molar-refractivity contribution in [2.45, 2.75) is 13.5 Å². The summed E-state index contributed by atoms with van der Waals surface area (Å²) in [6, 6.07) is 5.87. The molecule has 3 rings (SSSR count). The number of fused-ring (bicyclic) bond motifs is 1. The van der Waals surface area contributed by atoms with Gasteiger partial charge in [-0.15, -0.1) is 0 Å². The summed E-state index contributed by atoms with van der Waals surface area (Å²) in [4.78, 5) is 17.0. The molecule has 2 heterocycles. The van der Waals surface area contributed by atoms with Crippen molar-refractivity contribution in [2.75, 3.05) is 0 Å². The van der Waals surface area contributed by atoms with Gasteiger partial charge in [-0.25, -0.2) is 13.9 Å². The molecule has 0 bridgehead atoms. The van der Waals surface area contributed by atoms with Crippen LogP contribution in [0, 0.1) is 12.7 Å². The average molecular weight is 290 g/mol. The van der Waals surface area contributed by atoms with E-state index in [4.69, 9.17) is 0 Å². The van der Waals surface area contributed by atoms with Crippen LogP contribution in [-0.4, -0.2) is 20.5 Å². The lowest BCUT2D eigenvalue weighted by Gasteiger charge is -2.03. The van der Waals surface area contributed by atoms with E-state index >= 15 is 0 Å². The molecule has 0 aliphatic carbocycles. The highest BCUT2D eigenvalue weighted by Gasteiger charge is 2.11. The second-order valence-electron chi connectivity index (χ2n) is 4.24. The van der Waals surface area contributed by atoms with Crippen molar-refractivity contribution in [1.29, 1.82) is 0 Å². The number of carbonyl (C=O) groups excluding carboxylic acids is 1. The fraction of sp³-hybridized carbons (Fsp3) is 0.154. The van der Waals surface area contributed by atoms with Crippen molar-refractivity contribution in [2.24, 2.45) is 0 Å². The molecule has 0 atom stereocenters. The van der Waals surface area contributed by atoms with E-state index in [0.29, 0.717) is 5.69 Å². The normalized spacial score (nSPS) is 10.9. The maximum atomic E-state index is 13.4. The van der Waals surface area contributed by atoms with Crippen LogP contribution in [-0.2, 0) is 6.54 Å². The zero-order valence-corrected chi connectivity index (χ0v) is 11.4. The molecule has 1 N–H and O–H groups in total. The molecule has 0 radical (unpaired) electrons. The highest BCUT2D eigenvalue weighted by atomic mass is 32.1. The Balaban J connectivity index is 1.71. The number of nitrogens with zero attached hydrogens (tertiary/aromatic N) is 3. The van der Waals surface area contributed by atoms with Gasteiger partial charge in [-0.3, -0.25) is 4.79 Å². The maximum Gasteiger partial charge on any atom is 0.254 e. The number of hydrogen-bond donors (Lipinski definition) is 1. The summed E-state index contributed by atoms with van der Waals surface area (Å²) in [5.74, 6) is -0.989. The Morgan fingerprint density at radius 1 is 1.45 bits per heavy atom. The molecular weight excluding hydrogens is 279 g/mol. The Kier molecular flexibility index (Phi) is 3.19. The summed E-state index contributed by atoms with van der Waals surface area (Å²) in [6.07, 6.45) is 1.75. The molecule has 0 aliphatic rings. The van der Waals surface area contributed by atoms with E-state index in [9.17, 15) is 9.18 Å². The number of nitrogens with one attached hydrogen (secondary N) is 1. The third-order valence-corrected chi connectivity index (χ3v) is 3.58. The molecule has 2 aromatic heterocycles. The Hall–Kier alpha value is -2.28. The Morgan fingerprint density at radius 3 is 3.00 bits per heavy atom. The Morgan fingerprint density at radius 2 is 2.25 bits per heavy atom. The van der Waals surface area contributed by atoms with Crippen molar-refractivity contribution >= 4 is 22.2 Å². The summed E-state index contributed by atoms with van der Waals surface area (Å²) in [5.41, 5.74) is 0.718. The summed E-state index contributed by atoms with van der Waals surface area (Å²) in [7, 11) is 0. The summed E-state index contributed by atoms with van der Waals surface area (Å²) in [5, 5.41) is 7.80. The van der Waals surface area contributed by atoms with E-state index in [-0.39, 0.29) is 12.1 Å². The van der Waals surface area contributed by atoms with Crippen molar-refractivity contribution in [3.8, 4) is 0 Å². The number of rotatable bonds is 3. The van der Waals surface area contributed by atoms with Crippen LogP contribution in [0.15, 0.2) is 30.5 Å². The van der Waals surface area contributed by atoms with Gasteiger partial charge in [-0.05, 0) is 19.1 Å². The van der Waals surface area contributed by atoms with Crippen LogP contribution in [0.25, 0.3) is 4.96 Å². The zero-order valence-electron chi connectivity index (χ0n) is 10.6. The van der Waals surface area contributed by atoms with E-state index in [0.717, 1.165) is 9.97 Å². The monoisotopic (exact) mass is 290 g/mol. The zero-order chi connectivity index (χ0) is 14.1. The number of benzene rings is 1. The lowest BCUT2D eigenvalue weighted by Crippen LogP contribution is -2.23. The van der Waals surface area contributed by atoms with Crippen LogP contribution in [0.5, 0.6) is 0 Å². The number of carbonyl (C=O) groups is 1. The molecule has 0 spiro atoms. The van der Waals surface area contributed by atoms with E-state index in [2.05, 4.69) is 15.4 Å². The van der Waals surface area contributed by atoms with Gasteiger partial charge >= 0.3 is 0 Å². The standard InChI is InChI=1S/C13H11FN4OS/c1-8-17-18-7-9(16-13(18)20-8)6-15-12(19)10-4-2-3-5-11(10)14/h2-5,7H,6H2,1H3,(H,15,19). The fourth-order valence-corrected chi connectivity index (χ4v) is 2.58. The van der Waals surface area contributed by atoms with Crippen LogP contribution in [0.1, 0.15) is 21.1 Å². The van der Waals surface area contributed by atoms with E-state index in [1.807, 2.05) is 6.92 Å². The van der Waals surface area contributed by atoms with Crippen LogP contribution in [0.2, 0.25) is 0 Å². The van der Waals surface area contributed by atoms with Crippen LogP contribution in [0.3, 0.4) is 0 Å². The largest absolute Gasteiger partial charge is 0.346 e. The molecule has 0 saturated heterocycles. The first-order valence-corrected chi connectivity index (χ1v) is 6.79. The lowest BCUT2D eigenvalue weighted by molar-refractivity contribution is 0.0946. The number of amides is 1. The molecule has 1 amide bonds. The van der Waals surface area contributed by atoms with Gasteiger partial charge in [0.15, 0.2) is 0 Å². The molecule has 1 aromatic carbocycles. The van der Waals surface area contributed by atoms with E-state index in [1.54, 1.807) is 22.8 Å². The number of aryl methyl sites for hydroxylation is 1. The average Bonchev–Trinajstić information content (AvgIpc) is 2.93. The predicted octanol–water partition coefficient (Wildman–Crippen LogP) is 2.17. The minimum absolute atomic E-state index is 0.0301. The number of aromatic nitrogens is 3. The Bertz CT molecular complexity index is 748. The minimum Gasteiger partial charge on any atom is -0.346 e. The van der Waals surface area contributed by atoms with E-state index < -0.39 is 11.7 Å². The molecule has 7 heteroatoms. The molecule has 0 saturated carbocycles. The quantitative estimate of drug-likeness (QED) is 0.804. The van der Waals surface area contributed by atoms with Crippen molar-refractivity contribution in [1.82, 2.24) is 19.9 Å². The van der Waals surface area contributed by atoms with Gasteiger partial charge in [0.25, 0.3) is 5.91 Å². The van der Waals surface area contributed by atoms with Gasteiger partial charge in [0.1, 0.15) is 10.8 Å². The second kappa shape index (κ2) is 5.01. The molecule has 0 aliphatic heterocycles. The first kappa shape index (κ1) is 12.7. The maximum absolute atomic E-state index is 13.4. The van der Waals surface area contributed by atoms with Gasteiger partial charge in [0.05, 0.1) is 24.0 Å². The van der Waals surface area contributed by atoms with Gasteiger partial charge in [0.2, 0.25) is 4.96 Å². The molecule has 20 heavy (non-hydrogen) atoms. The first-order chi connectivity index (χ1) is 9.63. The van der Waals surface area contributed by atoms with Gasteiger partial charge in [-0.1, -0.05) is 23.5 Å². The highest BCUT2D eigenvalue weighted by Crippen LogP contribution is 2.13. The summed E-state index contributed by atoms with van der Waals surface area (Å²) in [6.45, 7) is 2.14. The smallest absolute Gasteiger partial charge is 0.254 e. The van der Waals surface area contributed by atoms with E-state index in [1.165, 1.54) is 23.5 Å². The SMILES string of the molecule is Cc1nn2cc(CNC(=O)c3ccccc3F)nc2s1. The van der Waals surface area contributed by atoms with Gasteiger partial charge < -0.3 is 5.32 Å². The number of hydrogen-bond acceptors (Lipinski definition) is 4. The van der Waals surface area contributed by atoms with Gasteiger partial charge in [-0.2, -0.15) is 5.10 Å². The molecule has 0 unspecified atom stereocenters. The van der Waals surface area contributed by atoms with Gasteiger partial charge in [0, 0.05) is 0 Å². The van der Waals surface area contributed by atoms with Crippen molar-refractivity contribution in [3.63, 3.8) is 0 Å². The minimum atomic E-state index is -0.534. The fourth-order valence-electron chi connectivity index (χ4n) is 1.84. The third kappa shape index (κ3) is 2.39. The van der Waals surface area contributed by atoms with Crippen LogP contribution >= 0.6 is 11.3 Å². The van der Waals surface area contributed by atoms with Crippen LogP contribution in [0.4, 0.5) is 4.39 Å². The number of imidazole rings is 1. The molecule has 5 nitrogen and oxygen atoms in total. The Labute approximate surface area is 118 Å². The topological polar surface area (TPSA) is 59.3 Å². The highest BCUT2D eigenvalue weighted by molar-refractivity contribution is 7.16. The summed E-state index contributed by atoms with van der Waals surface area (Å²) >= 11 is 1.47. The van der Waals surface area contributed by atoms with Crippen molar-refractivity contribution in [3.05, 3.63) is 52.5 Å². The summed E-state index contributed by atoms with van der Waals surface area (Å²) < 4.78 is 15.1. The molecule has 0 fully saturated rings.